The van der Waals surface area contributed by atoms with Crippen LogP contribution in [0.1, 0.15) is 45.2 Å². The molecule has 0 fully saturated rings. The Hall–Kier alpha value is -1.88. The molecule has 1 atom stereocenters. The van der Waals surface area contributed by atoms with Crippen LogP contribution in [0.5, 0.6) is 0 Å². The topological polar surface area (TPSA) is 61.4 Å². The van der Waals surface area contributed by atoms with Crippen LogP contribution >= 0.6 is 0 Å². The molecule has 0 spiro atoms. The van der Waals surface area contributed by atoms with E-state index in [-0.39, 0.29) is 30.7 Å². The smallest absolute Gasteiger partial charge is 0.220 e. The second kappa shape index (κ2) is 10.8. The maximum absolute atomic E-state index is 11.9. The maximum Gasteiger partial charge on any atom is 0.220 e. The molecule has 0 aliphatic heterocycles. The average molecular weight is 319 g/mol. The van der Waals surface area contributed by atoms with Crippen LogP contribution in [-0.2, 0) is 9.59 Å². The van der Waals surface area contributed by atoms with Gasteiger partial charge in [-0.25, -0.2) is 0 Å². The standard InChI is InChI=1S/C18H29N3O2/c1-4-21(5-2)14-13-19-17(22)11-12-18(23)20-15(3)16-9-7-6-8-10-16/h6-10,15H,4-5,11-14H2,1-3H3,(H,19,22)(H,20,23)/t15-/m1/s1. The SMILES string of the molecule is CCN(CC)CCNC(=O)CCC(=O)N[C@H](C)c1ccccc1. The van der Waals surface area contributed by atoms with Crippen LogP contribution in [0.3, 0.4) is 0 Å². The fourth-order valence-electron chi connectivity index (χ4n) is 2.35. The summed E-state index contributed by atoms with van der Waals surface area (Å²) in [5.41, 5.74) is 1.06. The largest absolute Gasteiger partial charge is 0.355 e. The highest BCUT2D eigenvalue weighted by Crippen LogP contribution is 2.11. The van der Waals surface area contributed by atoms with Crippen LogP contribution in [0.2, 0.25) is 0 Å². The molecular formula is C18H29N3O2. The lowest BCUT2D eigenvalue weighted by Crippen LogP contribution is -2.35. The van der Waals surface area contributed by atoms with E-state index in [9.17, 15) is 9.59 Å². The van der Waals surface area contributed by atoms with Crippen LogP contribution in [0.25, 0.3) is 0 Å². The molecule has 128 valence electrons. The Morgan fingerprint density at radius 2 is 1.65 bits per heavy atom. The van der Waals surface area contributed by atoms with Crippen molar-refractivity contribution in [3.8, 4) is 0 Å². The third kappa shape index (κ3) is 7.79. The lowest BCUT2D eigenvalue weighted by atomic mass is 10.1. The van der Waals surface area contributed by atoms with E-state index in [1.807, 2.05) is 37.3 Å². The van der Waals surface area contributed by atoms with Crippen molar-refractivity contribution in [3.05, 3.63) is 35.9 Å². The summed E-state index contributed by atoms with van der Waals surface area (Å²) in [6.07, 6.45) is 0.444. The van der Waals surface area contributed by atoms with Gasteiger partial charge in [-0.1, -0.05) is 44.2 Å². The van der Waals surface area contributed by atoms with Gasteiger partial charge in [-0.05, 0) is 25.6 Å². The zero-order valence-electron chi connectivity index (χ0n) is 14.5. The van der Waals surface area contributed by atoms with E-state index in [0.29, 0.717) is 6.54 Å². The summed E-state index contributed by atoms with van der Waals surface area (Å²) in [4.78, 5) is 25.9. The highest BCUT2D eigenvalue weighted by Gasteiger charge is 2.11. The van der Waals surface area contributed by atoms with E-state index in [4.69, 9.17) is 0 Å². The molecule has 1 aromatic carbocycles. The minimum absolute atomic E-state index is 0.0468. The summed E-state index contributed by atoms with van der Waals surface area (Å²) in [5, 5.41) is 5.78. The number of hydrogen-bond donors (Lipinski definition) is 2. The van der Waals surface area contributed by atoms with Gasteiger partial charge in [0.1, 0.15) is 0 Å². The molecule has 0 saturated carbocycles. The Morgan fingerprint density at radius 3 is 2.26 bits per heavy atom. The van der Waals surface area contributed by atoms with Gasteiger partial charge >= 0.3 is 0 Å². The second-order valence-corrected chi connectivity index (χ2v) is 5.58. The molecule has 0 aliphatic rings. The Kier molecular flexibility index (Phi) is 8.98. The van der Waals surface area contributed by atoms with Crippen molar-refractivity contribution >= 4 is 11.8 Å². The summed E-state index contributed by atoms with van der Waals surface area (Å²) < 4.78 is 0. The molecule has 1 aromatic rings. The van der Waals surface area contributed by atoms with Crippen molar-refractivity contribution < 1.29 is 9.59 Å². The van der Waals surface area contributed by atoms with Crippen molar-refractivity contribution in [2.75, 3.05) is 26.2 Å². The van der Waals surface area contributed by atoms with Gasteiger partial charge in [0.15, 0.2) is 0 Å². The van der Waals surface area contributed by atoms with Gasteiger partial charge in [-0.2, -0.15) is 0 Å². The normalized spacial score (nSPS) is 12.0. The fraction of sp³-hybridized carbons (Fsp3) is 0.556. The monoisotopic (exact) mass is 319 g/mol. The first-order valence-corrected chi connectivity index (χ1v) is 8.40. The van der Waals surface area contributed by atoms with Crippen molar-refractivity contribution in [1.29, 1.82) is 0 Å². The van der Waals surface area contributed by atoms with Gasteiger partial charge in [-0.3, -0.25) is 9.59 Å². The lowest BCUT2D eigenvalue weighted by Gasteiger charge is -2.18. The molecule has 1 rings (SSSR count). The molecule has 0 radical (unpaired) electrons. The Morgan fingerprint density at radius 1 is 1.04 bits per heavy atom. The number of likely N-dealkylation sites (N-methyl/N-ethyl adjacent to an activating group) is 1. The zero-order chi connectivity index (χ0) is 17.1. The first-order valence-electron chi connectivity index (χ1n) is 8.40. The predicted molar refractivity (Wildman–Crippen MR) is 93.0 cm³/mol. The summed E-state index contributed by atoms with van der Waals surface area (Å²) in [7, 11) is 0. The van der Waals surface area contributed by atoms with E-state index in [1.54, 1.807) is 0 Å². The van der Waals surface area contributed by atoms with Gasteiger partial charge in [0, 0.05) is 25.9 Å². The molecule has 0 heterocycles. The minimum Gasteiger partial charge on any atom is -0.355 e. The number of carbonyl (C=O) groups excluding carboxylic acids is 2. The first kappa shape index (κ1) is 19.2. The number of hydrogen-bond acceptors (Lipinski definition) is 3. The molecule has 0 bridgehead atoms. The van der Waals surface area contributed by atoms with Crippen LogP contribution < -0.4 is 10.6 Å². The van der Waals surface area contributed by atoms with Crippen LogP contribution in [0.4, 0.5) is 0 Å². The summed E-state index contributed by atoms with van der Waals surface area (Å²) in [5.74, 6) is -0.167. The lowest BCUT2D eigenvalue weighted by molar-refractivity contribution is -0.126. The Labute approximate surface area is 139 Å². The Bertz CT molecular complexity index is 472. The van der Waals surface area contributed by atoms with E-state index < -0.39 is 0 Å². The average Bonchev–Trinajstić information content (AvgIpc) is 2.57. The summed E-state index contributed by atoms with van der Waals surface area (Å²) in [6, 6.07) is 9.74. The van der Waals surface area contributed by atoms with E-state index >= 15 is 0 Å². The van der Waals surface area contributed by atoms with Gasteiger partial charge in [0.25, 0.3) is 0 Å². The van der Waals surface area contributed by atoms with Gasteiger partial charge < -0.3 is 15.5 Å². The van der Waals surface area contributed by atoms with E-state index in [2.05, 4.69) is 29.4 Å². The van der Waals surface area contributed by atoms with Crippen molar-refractivity contribution in [1.82, 2.24) is 15.5 Å². The van der Waals surface area contributed by atoms with Crippen LogP contribution in [0, 0.1) is 0 Å². The molecule has 23 heavy (non-hydrogen) atoms. The predicted octanol–water partition coefficient (Wildman–Crippen LogP) is 2.10. The third-order valence-corrected chi connectivity index (χ3v) is 3.90. The molecule has 5 nitrogen and oxygen atoms in total. The fourth-order valence-corrected chi connectivity index (χ4v) is 2.35. The molecule has 0 unspecified atom stereocenters. The number of nitrogens with zero attached hydrogens (tertiary/aromatic N) is 1. The van der Waals surface area contributed by atoms with Crippen molar-refractivity contribution in [2.24, 2.45) is 0 Å². The second-order valence-electron chi connectivity index (χ2n) is 5.58. The van der Waals surface area contributed by atoms with E-state index in [1.165, 1.54) is 0 Å². The molecular weight excluding hydrogens is 290 g/mol. The highest BCUT2D eigenvalue weighted by molar-refractivity contribution is 5.83. The summed E-state index contributed by atoms with van der Waals surface area (Å²) >= 11 is 0. The minimum atomic E-state index is -0.0970. The number of benzene rings is 1. The summed E-state index contributed by atoms with van der Waals surface area (Å²) in [6.45, 7) is 9.57. The molecule has 0 aromatic heterocycles. The van der Waals surface area contributed by atoms with Crippen LogP contribution in [-0.4, -0.2) is 42.9 Å². The van der Waals surface area contributed by atoms with Gasteiger partial charge in [-0.15, -0.1) is 0 Å². The quantitative estimate of drug-likeness (QED) is 0.694. The molecule has 2 N–H and O–H groups in total. The number of amides is 2. The first-order chi connectivity index (χ1) is 11.1. The maximum atomic E-state index is 11.9. The Balaban J connectivity index is 2.21. The van der Waals surface area contributed by atoms with Gasteiger partial charge in [0.2, 0.25) is 11.8 Å². The van der Waals surface area contributed by atoms with Crippen molar-refractivity contribution in [3.63, 3.8) is 0 Å². The number of carbonyl (C=O) groups is 2. The zero-order valence-corrected chi connectivity index (χ0v) is 14.5. The van der Waals surface area contributed by atoms with Gasteiger partial charge in [0.05, 0.1) is 6.04 Å². The molecule has 0 aliphatic carbocycles. The van der Waals surface area contributed by atoms with E-state index in [0.717, 1.165) is 25.2 Å². The third-order valence-electron chi connectivity index (χ3n) is 3.90. The molecule has 2 amide bonds. The number of nitrogens with one attached hydrogen (secondary N) is 2. The highest BCUT2D eigenvalue weighted by atomic mass is 16.2. The van der Waals surface area contributed by atoms with Crippen molar-refractivity contribution in [2.45, 2.75) is 39.7 Å². The number of rotatable bonds is 10. The molecule has 5 heteroatoms. The van der Waals surface area contributed by atoms with Crippen LogP contribution in [0.15, 0.2) is 30.3 Å². The molecule has 0 saturated heterocycles.